The normalized spacial score (nSPS) is 8.59. The Morgan fingerprint density at radius 3 is 1.35 bits per heavy atom. The second kappa shape index (κ2) is 10.3. The molecule has 0 aliphatic rings. The molecule has 0 aliphatic heterocycles. The molecule has 0 N–H and O–H groups in total. The molecule has 0 nitrogen and oxygen atoms in total. The first-order valence-corrected chi connectivity index (χ1v) is 5.78. The smallest absolute Gasteiger partial charge is 0.180 e. The predicted molar refractivity (Wildman–Crippen MR) is 69.3 cm³/mol. The summed E-state index contributed by atoms with van der Waals surface area (Å²) in [6.45, 7) is 4.26. The zero-order valence-electron chi connectivity index (χ0n) is 10.4. The van der Waals surface area contributed by atoms with Gasteiger partial charge in [0, 0.05) is 0 Å². The van der Waals surface area contributed by atoms with Crippen molar-refractivity contribution in [1.82, 2.24) is 0 Å². The molecule has 17 heavy (non-hydrogen) atoms. The van der Waals surface area contributed by atoms with E-state index in [0.717, 1.165) is 12.8 Å². The molecule has 0 bridgehead atoms. The maximum Gasteiger partial charge on any atom is 2.00 e. The zero-order valence-corrected chi connectivity index (χ0v) is 13.4. The molecule has 0 spiro atoms. The van der Waals surface area contributed by atoms with Gasteiger partial charge in [0.15, 0.2) is 0 Å². The van der Waals surface area contributed by atoms with Crippen LogP contribution in [0, 0.1) is 12.1 Å². The van der Waals surface area contributed by atoms with Gasteiger partial charge in [-0.1, -0.05) is 26.7 Å². The van der Waals surface area contributed by atoms with Gasteiger partial charge in [0.2, 0.25) is 0 Å². The van der Waals surface area contributed by atoms with Gasteiger partial charge >= 0.3 is 21.1 Å². The number of hydrogen-bond donors (Lipinski definition) is 0. The topological polar surface area (TPSA) is 0 Å². The van der Waals surface area contributed by atoms with Crippen molar-refractivity contribution in [2.75, 3.05) is 0 Å². The van der Waals surface area contributed by atoms with Crippen molar-refractivity contribution in [2.45, 2.75) is 26.7 Å². The number of hydrogen-bond acceptors (Lipinski definition) is 0. The van der Waals surface area contributed by atoms with Crippen molar-refractivity contribution in [1.29, 1.82) is 0 Å². The first-order valence-electron chi connectivity index (χ1n) is 5.78. The standard InChI is InChI=1S/2C8H9.W/c2*1-2-8-6-4-3-5-7-8;/h2*3-6H,2H2,1H3;/q2*-1;+2. The van der Waals surface area contributed by atoms with E-state index in [4.69, 9.17) is 0 Å². The SMILES string of the molecule is CCc1[c-]cccc1.CCc1[c-]cccc1.[W+2]. The number of rotatable bonds is 2. The maximum absolute atomic E-state index is 3.12. The van der Waals surface area contributed by atoms with E-state index in [1.807, 2.05) is 36.4 Å². The minimum atomic E-state index is 0. The van der Waals surface area contributed by atoms with E-state index in [-0.39, 0.29) is 21.1 Å². The van der Waals surface area contributed by atoms with Crippen molar-refractivity contribution in [2.24, 2.45) is 0 Å². The van der Waals surface area contributed by atoms with Crippen molar-refractivity contribution in [3.63, 3.8) is 0 Å². The molecule has 0 fully saturated rings. The van der Waals surface area contributed by atoms with Gasteiger partial charge in [-0.2, -0.15) is 71.8 Å². The molecule has 0 heterocycles. The summed E-state index contributed by atoms with van der Waals surface area (Å²) in [5.74, 6) is 0. The maximum atomic E-state index is 3.12. The molecule has 0 atom stereocenters. The van der Waals surface area contributed by atoms with Crippen LogP contribution in [0.5, 0.6) is 0 Å². The summed E-state index contributed by atoms with van der Waals surface area (Å²) in [5, 5.41) is 0. The van der Waals surface area contributed by atoms with Gasteiger partial charge in [0.1, 0.15) is 0 Å². The van der Waals surface area contributed by atoms with Crippen LogP contribution in [0.15, 0.2) is 48.5 Å². The molecule has 88 valence electrons. The van der Waals surface area contributed by atoms with Crippen LogP contribution >= 0.6 is 0 Å². The quantitative estimate of drug-likeness (QED) is 0.674. The van der Waals surface area contributed by atoms with Crippen LogP contribution in [0.25, 0.3) is 0 Å². The van der Waals surface area contributed by atoms with Crippen molar-refractivity contribution < 1.29 is 21.1 Å². The van der Waals surface area contributed by atoms with E-state index < -0.39 is 0 Å². The monoisotopic (exact) mass is 394 g/mol. The Labute approximate surface area is 119 Å². The van der Waals surface area contributed by atoms with Gasteiger partial charge in [-0.05, 0) is 0 Å². The van der Waals surface area contributed by atoms with Crippen LogP contribution in [-0.4, -0.2) is 0 Å². The molecule has 2 aromatic rings. The minimum absolute atomic E-state index is 0. The molecule has 2 rings (SSSR count). The van der Waals surface area contributed by atoms with E-state index in [1.165, 1.54) is 11.1 Å². The third kappa shape index (κ3) is 7.13. The van der Waals surface area contributed by atoms with E-state index in [2.05, 4.69) is 38.1 Å². The van der Waals surface area contributed by atoms with E-state index in [0.29, 0.717) is 0 Å². The average molecular weight is 394 g/mol. The molecule has 2 aromatic carbocycles. The first kappa shape index (κ1) is 16.1. The fourth-order valence-electron chi connectivity index (χ4n) is 1.30. The fraction of sp³-hybridized carbons (Fsp3) is 0.250. The third-order valence-corrected chi connectivity index (χ3v) is 2.31. The van der Waals surface area contributed by atoms with Crippen molar-refractivity contribution in [3.8, 4) is 0 Å². The summed E-state index contributed by atoms with van der Waals surface area (Å²) in [6.07, 6.45) is 2.17. The molecule has 0 aromatic heterocycles. The average Bonchev–Trinajstić information content (AvgIpc) is 2.41. The Hall–Kier alpha value is -0.872. The second-order valence-electron chi connectivity index (χ2n) is 3.48. The molecule has 0 amide bonds. The van der Waals surface area contributed by atoms with E-state index in [9.17, 15) is 0 Å². The summed E-state index contributed by atoms with van der Waals surface area (Å²) < 4.78 is 0. The fourth-order valence-corrected chi connectivity index (χ4v) is 1.30. The van der Waals surface area contributed by atoms with Crippen LogP contribution in [0.1, 0.15) is 25.0 Å². The van der Waals surface area contributed by atoms with Crippen molar-refractivity contribution >= 4 is 0 Å². The van der Waals surface area contributed by atoms with E-state index in [1.54, 1.807) is 0 Å². The van der Waals surface area contributed by atoms with Gasteiger partial charge in [-0.15, -0.1) is 0 Å². The Balaban J connectivity index is 0.000000284. The minimum Gasteiger partial charge on any atom is -0.180 e. The second-order valence-corrected chi connectivity index (χ2v) is 3.48. The molecule has 0 radical (unpaired) electrons. The van der Waals surface area contributed by atoms with Gasteiger partial charge in [-0.3, -0.25) is 0 Å². The summed E-state index contributed by atoms with van der Waals surface area (Å²) in [4.78, 5) is 0. The summed E-state index contributed by atoms with van der Waals surface area (Å²) in [7, 11) is 0. The van der Waals surface area contributed by atoms with Gasteiger partial charge in [0.25, 0.3) is 0 Å². The molecule has 0 aliphatic carbocycles. The Morgan fingerprint density at radius 1 is 0.765 bits per heavy atom. The van der Waals surface area contributed by atoms with E-state index >= 15 is 0 Å². The van der Waals surface area contributed by atoms with Crippen LogP contribution in [-0.2, 0) is 33.9 Å². The molecular formula is C16H18W. The summed E-state index contributed by atoms with van der Waals surface area (Å²) in [6, 6.07) is 22.3. The molecule has 1 heteroatoms. The third-order valence-electron chi connectivity index (χ3n) is 2.31. The predicted octanol–water partition coefficient (Wildman–Crippen LogP) is 4.10. The Morgan fingerprint density at radius 2 is 1.18 bits per heavy atom. The largest absolute Gasteiger partial charge is 2.00 e. The van der Waals surface area contributed by atoms with Crippen molar-refractivity contribution in [3.05, 3.63) is 71.8 Å². The van der Waals surface area contributed by atoms with Crippen LogP contribution < -0.4 is 0 Å². The molecular weight excluding hydrogens is 376 g/mol. The first-order chi connectivity index (χ1) is 7.86. The zero-order chi connectivity index (χ0) is 11.6. The van der Waals surface area contributed by atoms with Crippen LogP contribution in [0.2, 0.25) is 0 Å². The van der Waals surface area contributed by atoms with Gasteiger partial charge in [0.05, 0.1) is 0 Å². The van der Waals surface area contributed by atoms with Crippen LogP contribution in [0.3, 0.4) is 0 Å². The molecule has 0 unspecified atom stereocenters. The van der Waals surface area contributed by atoms with Gasteiger partial charge < -0.3 is 0 Å². The summed E-state index contributed by atoms with van der Waals surface area (Å²) in [5.41, 5.74) is 2.57. The molecule has 0 saturated heterocycles. The number of benzene rings is 2. The molecule has 0 saturated carbocycles. The van der Waals surface area contributed by atoms with Gasteiger partial charge in [-0.25, -0.2) is 0 Å². The number of aryl methyl sites for hydroxylation is 2. The Kier molecular flexibility index (Phi) is 9.77. The Bertz CT molecular complexity index is 328. The van der Waals surface area contributed by atoms with Crippen LogP contribution in [0.4, 0.5) is 0 Å². The summed E-state index contributed by atoms with van der Waals surface area (Å²) >= 11 is 0.